The number of fused-ring (bicyclic) bond motifs is 1. The van der Waals surface area contributed by atoms with Crippen molar-refractivity contribution in [1.82, 2.24) is 4.98 Å². The van der Waals surface area contributed by atoms with Gasteiger partial charge in [-0.3, -0.25) is 0 Å². The highest BCUT2D eigenvalue weighted by Crippen LogP contribution is 2.28. The van der Waals surface area contributed by atoms with Crippen LogP contribution in [0.1, 0.15) is 13.3 Å². The number of nitrogens with zero attached hydrogens (tertiary/aromatic N) is 1. The van der Waals surface area contributed by atoms with Crippen LogP contribution >= 0.6 is 11.3 Å². The first kappa shape index (κ1) is 9.27. The fourth-order valence-electron chi connectivity index (χ4n) is 1.17. The number of benzene rings is 1. The van der Waals surface area contributed by atoms with E-state index in [0.717, 1.165) is 34.1 Å². The fraction of sp³-hybridized carbons (Fsp3) is 0.300. The summed E-state index contributed by atoms with van der Waals surface area (Å²) >= 11 is 1.56. The van der Waals surface area contributed by atoms with Gasteiger partial charge in [0.05, 0.1) is 16.8 Å². The SMILES string of the molecule is CCCOc1nc2cc(N)ccc2s1. The summed E-state index contributed by atoms with van der Waals surface area (Å²) in [5.41, 5.74) is 7.32. The second kappa shape index (κ2) is 3.84. The van der Waals surface area contributed by atoms with Gasteiger partial charge in [0.15, 0.2) is 0 Å². The van der Waals surface area contributed by atoms with Gasteiger partial charge in [0.1, 0.15) is 0 Å². The Kier molecular flexibility index (Phi) is 2.54. The molecule has 0 radical (unpaired) electrons. The predicted molar refractivity (Wildman–Crippen MR) is 59.8 cm³/mol. The Hall–Kier alpha value is -1.29. The van der Waals surface area contributed by atoms with Crippen molar-refractivity contribution in [3.63, 3.8) is 0 Å². The monoisotopic (exact) mass is 208 g/mol. The molecule has 3 nitrogen and oxygen atoms in total. The molecule has 1 aromatic heterocycles. The van der Waals surface area contributed by atoms with E-state index in [2.05, 4.69) is 11.9 Å². The highest BCUT2D eigenvalue weighted by atomic mass is 32.1. The van der Waals surface area contributed by atoms with Crippen LogP contribution in [-0.2, 0) is 0 Å². The third-order valence-electron chi connectivity index (χ3n) is 1.82. The zero-order chi connectivity index (χ0) is 9.97. The van der Waals surface area contributed by atoms with E-state index >= 15 is 0 Å². The Morgan fingerprint density at radius 3 is 3.14 bits per heavy atom. The summed E-state index contributed by atoms with van der Waals surface area (Å²) in [6.45, 7) is 2.79. The molecule has 74 valence electrons. The first-order valence-corrected chi connectivity index (χ1v) is 5.40. The molecule has 0 atom stereocenters. The second-order valence-corrected chi connectivity index (χ2v) is 4.05. The fourth-order valence-corrected chi connectivity index (χ4v) is 1.99. The van der Waals surface area contributed by atoms with Crippen molar-refractivity contribution in [1.29, 1.82) is 0 Å². The zero-order valence-corrected chi connectivity index (χ0v) is 8.80. The minimum atomic E-state index is 0.718. The van der Waals surface area contributed by atoms with Crippen molar-refractivity contribution in [3.8, 4) is 5.19 Å². The van der Waals surface area contributed by atoms with Gasteiger partial charge in [-0.05, 0) is 24.6 Å². The van der Waals surface area contributed by atoms with Crippen molar-refractivity contribution < 1.29 is 4.74 Å². The molecule has 0 amide bonds. The van der Waals surface area contributed by atoms with E-state index in [-0.39, 0.29) is 0 Å². The van der Waals surface area contributed by atoms with Crippen LogP contribution in [0.4, 0.5) is 5.69 Å². The molecule has 0 spiro atoms. The summed E-state index contributed by atoms with van der Waals surface area (Å²) in [5, 5.41) is 0.729. The molecule has 2 N–H and O–H groups in total. The molecule has 0 bridgehead atoms. The average molecular weight is 208 g/mol. The largest absolute Gasteiger partial charge is 0.470 e. The Balaban J connectivity index is 2.32. The predicted octanol–water partition coefficient (Wildman–Crippen LogP) is 2.67. The lowest BCUT2D eigenvalue weighted by atomic mass is 10.3. The van der Waals surface area contributed by atoms with Crippen molar-refractivity contribution >= 4 is 27.2 Å². The van der Waals surface area contributed by atoms with Gasteiger partial charge in [-0.2, -0.15) is 0 Å². The summed E-state index contributed by atoms with van der Waals surface area (Å²) in [6, 6.07) is 5.72. The van der Waals surface area contributed by atoms with E-state index in [0.29, 0.717) is 0 Å². The average Bonchev–Trinajstić information content (AvgIpc) is 2.56. The molecule has 4 heteroatoms. The summed E-state index contributed by atoms with van der Waals surface area (Å²) in [4.78, 5) is 4.33. The molecule has 0 unspecified atom stereocenters. The Morgan fingerprint density at radius 2 is 2.36 bits per heavy atom. The van der Waals surface area contributed by atoms with Crippen LogP contribution in [0.15, 0.2) is 18.2 Å². The molecule has 0 aliphatic heterocycles. The van der Waals surface area contributed by atoms with Gasteiger partial charge in [-0.1, -0.05) is 18.3 Å². The number of rotatable bonds is 3. The van der Waals surface area contributed by atoms with Crippen LogP contribution in [0.2, 0.25) is 0 Å². The van der Waals surface area contributed by atoms with Gasteiger partial charge in [0, 0.05) is 5.69 Å². The molecule has 2 rings (SSSR count). The van der Waals surface area contributed by atoms with Crippen LogP contribution in [0.3, 0.4) is 0 Å². The number of anilines is 1. The van der Waals surface area contributed by atoms with Crippen LogP contribution in [0.25, 0.3) is 10.2 Å². The lowest BCUT2D eigenvalue weighted by Crippen LogP contribution is -1.93. The van der Waals surface area contributed by atoms with Gasteiger partial charge >= 0.3 is 0 Å². The van der Waals surface area contributed by atoms with Crippen molar-refractivity contribution in [3.05, 3.63) is 18.2 Å². The van der Waals surface area contributed by atoms with Gasteiger partial charge in [0.2, 0.25) is 0 Å². The first-order valence-electron chi connectivity index (χ1n) is 4.58. The lowest BCUT2D eigenvalue weighted by Gasteiger charge is -1.95. The van der Waals surface area contributed by atoms with E-state index in [4.69, 9.17) is 10.5 Å². The number of nitrogens with two attached hydrogens (primary N) is 1. The van der Waals surface area contributed by atoms with Gasteiger partial charge in [-0.15, -0.1) is 0 Å². The zero-order valence-electron chi connectivity index (χ0n) is 7.99. The van der Waals surface area contributed by atoms with Crippen LogP contribution in [0.5, 0.6) is 5.19 Å². The molecule has 14 heavy (non-hydrogen) atoms. The topological polar surface area (TPSA) is 48.1 Å². The van der Waals surface area contributed by atoms with Crippen LogP contribution in [-0.4, -0.2) is 11.6 Å². The summed E-state index contributed by atoms with van der Waals surface area (Å²) in [6.07, 6.45) is 0.998. The standard InChI is InChI=1S/C10H12N2OS/c1-2-5-13-10-12-8-6-7(11)3-4-9(8)14-10/h3-4,6H,2,5,11H2,1H3. The van der Waals surface area contributed by atoms with E-state index < -0.39 is 0 Å². The number of nitrogen functional groups attached to an aromatic ring is 1. The minimum absolute atomic E-state index is 0.718. The Bertz CT molecular complexity index is 439. The molecule has 0 aliphatic rings. The lowest BCUT2D eigenvalue weighted by molar-refractivity contribution is 0.316. The molecular formula is C10H12N2OS. The van der Waals surface area contributed by atoms with Crippen molar-refractivity contribution in [2.45, 2.75) is 13.3 Å². The van der Waals surface area contributed by atoms with E-state index in [1.807, 2.05) is 18.2 Å². The first-order chi connectivity index (χ1) is 6.79. The maximum Gasteiger partial charge on any atom is 0.274 e. The Labute approximate surface area is 86.5 Å². The molecule has 2 aromatic rings. The third-order valence-corrected chi connectivity index (χ3v) is 2.77. The normalized spacial score (nSPS) is 10.6. The molecule has 0 fully saturated rings. The van der Waals surface area contributed by atoms with E-state index in [1.165, 1.54) is 0 Å². The van der Waals surface area contributed by atoms with E-state index in [9.17, 15) is 0 Å². The molecule has 0 aliphatic carbocycles. The number of hydrogen-bond acceptors (Lipinski definition) is 4. The number of thiazole rings is 1. The van der Waals surface area contributed by atoms with E-state index in [1.54, 1.807) is 11.3 Å². The maximum atomic E-state index is 5.66. The van der Waals surface area contributed by atoms with Crippen molar-refractivity contribution in [2.24, 2.45) is 0 Å². The summed E-state index contributed by atoms with van der Waals surface area (Å²) < 4.78 is 6.56. The van der Waals surface area contributed by atoms with Crippen LogP contribution < -0.4 is 10.5 Å². The van der Waals surface area contributed by atoms with Crippen molar-refractivity contribution in [2.75, 3.05) is 12.3 Å². The van der Waals surface area contributed by atoms with Gasteiger partial charge < -0.3 is 10.5 Å². The molecule has 0 saturated heterocycles. The number of ether oxygens (including phenoxy) is 1. The summed E-state index contributed by atoms with van der Waals surface area (Å²) in [7, 11) is 0. The smallest absolute Gasteiger partial charge is 0.274 e. The third kappa shape index (κ3) is 1.80. The highest BCUT2D eigenvalue weighted by Gasteiger charge is 2.03. The molecule has 0 saturated carbocycles. The highest BCUT2D eigenvalue weighted by molar-refractivity contribution is 7.20. The summed E-state index contributed by atoms with van der Waals surface area (Å²) in [5.74, 6) is 0. The molecule has 1 aromatic carbocycles. The molecule has 1 heterocycles. The van der Waals surface area contributed by atoms with Crippen LogP contribution in [0, 0.1) is 0 Å². The maximum absolute atomic E-state index is 5.66. The minimum Gasteiger partial charge on any atom is -0.470 e. The van der Waals surface area contributed by atoms with Gasteiger partial charge in [-0.25, -0.2) is 4.98 Å². The quantitative estimate of drug-likeness (QED) is 0.789. The van der Waals surface area contributed by atoms with Gasteiger partial charge in [0.25, 0.3) is 5.19 Å². The molecular weight excluding hydrogens is 196 g/mol. The number of aromatic nitrogens is 1. The Morgan fingerprint density at radius 1 is 1.50 bits per heavy atom. The second-order valence-electron chi connectivity index (χ2n) is 3.06. The number of hydrogen-bond donors (Lipinski definition) is 1.